The van der Waals surface area contributed by atoms with Crippen LogP contribution in [0.3, 0.4) is 0 Å². The van der Waals surface area contributed by atoms with Crippen molar-refractivity contribution in [3.8, 4) is 0 Å². The van der Waals surface area contributed by atoms with E-state index in [-0.39, 0.29) is 5.78 Å². The first-order chi connectivity index (χ1) is 17.4. The minimum absolute atomic E-state index is 0.260. The Balaban J connectivity index is 1.57. The second-order valence-corrected chi connectivity index (χ2v) is 10.4. The Morgan fingerprint density at radius 2 is 1.53 bits per heavy atom. The van der Waals surface area contributed by atoms with Gasteiger partial charge in [0.15, 0.2) is 22.9 Å². The van der Waals surface area contributed by atoms with Crippen molar-refractivity contribution in [2.45, 2.75) is 29.8 Å². The molecule has 3 aromatic carbocycles. The van der Waals surface area contributed by atoms with Gasteiger partial charge in [0.05, 0.1) is 5.92 Å². The van der Waals surface area contributed by atoms with E-state index < -0.39 is 40.4 Å². The Labute approximate surface area is 212 Å². The van der Waals surface area contributed by atoms with Gasteiger partial charge in [-0.3, -0.25) is 24.1 Å². The number of halogens is 1. The molecule has 7 rings (SSSR count). The molecule has 178 valence electrons. The quantitative estimate of drug-likeness (QED) is 0.422. The van der Waals surface area contributed by atoms with Crippen LogP contribution in [-0.2, 0) is 10.2 Å². The topological polar surface area (TPSA) is 83.6 Å². The van der Waals surface area contributed by atoms with Gasteiger partial charge in [0.2, 0.25) is 5.91 Å². The second kappa shape index (κ2) is 7.21. The number of nitrogens with zero attached hydrogens (tertiary/aromatic N) is 1. The Morgan fingerprint density at radius 1 is 0.889 bits per heavy atom. The van der Waals surface area contributed by atoms with E-state index in [4.69, 9.17) is 11.6 Å². The van der Waals surface area contributed by atoms with E-state index in [1.54, 1.807) is 72.8 Å². The lowest BCUT2D eigenvalue weighted by atomic mass is 9.57. The van der Waals surface area contributed by atoms with Gasteiger partial charge >= 0.3 is 0 Å². The zero-order chi connectivity index (χ0) is 24.8. The lowest BCUT2D eigenvalue weighted by Crippen LogP contribution is -2.67. The number of rotatable bonds is 2. The summed E-state index contributed by atoms with van der Waals surface area (Å²) in [6, 6.07) is 20.0. The van der Waals surface area contributed by atoms with Crippen molar-refractivity contribution in [2.24, 2.45) is 5.92 Å². The van der Waals surface area contributed by atoms with E-state index in [1.165, 1.54) is 0 Å². The van der Waals surface area contributed by atoms with Crippen LogP contribution < -0.4 is 5.32 Å². The number of benzene rings is 3. The molecule has 3 heterocycles. The predicted molar refractivity (Wildman–Crippen MR) is 134 cm³/mol. The number of Topliss-reactive ketones (excluding diaryl/α,β-unsaturated/α-hetero) is 3. The van der Waals surface area contributed by atoms with E-state index in [1.807, 2.05) is 4.90 Å². The summed E-state index contributed by atoms with van der Waals surface area (Å²) < 4.78 is 0. The maximum Gasteiger partial charge on any atom is 0.238 e. The molecule has 1 unspecified atom stereocenters. The number of hydrogen-bond acceptors (Lipinski definition) is 5. The fraction of sp³-hybridized carbons (Fsp3) is 0.241. The molecule has 1 amide bonds. The molecule has 7 heteroatoms. The Morgan fingerprint density at radius 3 is 2.22 bits per heavy atom. The van der Waals surface area contributed by atoms with Gasteiger partial charge in [-0.25, -0.2) is 0 Å². The fourth-order valence-electron chi connectivity index (χ4n) is 7.40. The number of ketones is 3. The third kappa shape index (κ3) is 2.28. The van der Waals surface area contributed by atoms with E-state index in [0.29, 0.717) is 45.9 Å². The van der Waals surface area contributed by atoms with Crippen LogP contribution in [-0.4, -0.2) is 46.3 Å². The number of para-hydroxylation sites is 1. The normalized spacial score (nSPS) is 27.4. The molecule has 0 saturated carbocycles. The van der Waals surface area contributed by atoms with E-state index in [0.717, 1.165) is 6.42 Å². The van der Waals surface area contributed by atoms with Gasteiger partial charge in [-0.15, -0.1) is 0 Å². The van der Waals surface area contributed by atoms with Gasteiger partial charge in [0.1, 0.15) is 5.41 Å². The van der Waals surface area contributed by atoms with Crippen LogP contribution in [0, 0.1) is 5.92 Å². The van der Waals surface area contributed by atoms with Crippen LogP contribution >= 0.6 is 11.6 Å². The van der Waals surface area contributed by atoms with Gasteiger partial charge in [-0.2, -0.15) is 0 Å². The number of fused-ring (bicyclic) bond motifs is 6. The molecule has 0 radical (unpaired) electrons. The number of amides is 1. The summed E-state index contributed by atoms with van der Waals surface area (Å²) in [5, 5.41) is 3.43. The monoisotopic (exact) mass is 496 g/mol. The van der Waals surface area contributed by atoms with Gasteiger partial charge < -0.3 is 5.32 Å². The van der Waals surface area contributed by atoms with E-state index >= 15 is 0 Å². The molecule has 3 aliphatic heterocycles. The van der Waals surface area contributed by atoms with Gasteiger partial charge in [-0.1, -0.05) is 54.1 Å². The molecule has 1 aliphatic carbocycles. The van der Waals surface area contributed by atoms with Crippen molar-refractivity contribution in [1.29, 1.82) is 0 Å². The minimum Gasteiger partial charge on any atom is -0.325 e. The zero-order valence-electron chi connectivity index (χ0n) is 19.2. The minimum atomic E-state index is -1.82. The number of carbonyl (C=O) groups is 4. The third-order valence-electron chi connectivity index (χ3n) is 8.60. The van der Waals surface area contributed by atoms with Crippen LogP contribution in [0.15, 0.2) is 72.8 Å². The fourth-order valence-corrected chi connectivity index (χ4v) is 7.52. The lowest BCUT2D eigenvalue weighted by Gasteiger charge is -2.42. The van der Waals surface area contributed by atoms with Crippen LogP contribution in [0.4, 0.5) is 5.69 Å². The Hall–Kier alpha value is -3.61. The molecular formula is C29H21ClN2O4. The first-order valence-corrected chi connectivity index (χ1v) is 12.5. The highest BCUT2D eigenvalue weighted by molar-refractivity contribution is 6.38. The highest BCUT2D eigenvalue weighted by Gasteiger charge is 2.83. The summed E-state index contributed by atoms with van der Waals surface area (Å²) in [4.78, 5) is 59.5. The molecule has 2 fully saturated rings. The summed E-state index contributed by atoms with van der Waals surface area (Å²) >= 11 is 6.09. The van der Waals surface area contributed by atoms with Crippen molar-refractivity contribution >= 4 is 40.5 Å². The summed E-state index contributed by atoms with van der Waals surface area (Å²) in [6.07, 6.45) is 1.34. The van der Waals surface area contributed by atoms with Crippen LogP contribution in [0.1, 0.15) is 49.5 Å². The van der Waals surface area contributed by atoms with Crippen LogP contribution in [0.2, 0.25) is 5.02 Å². The van der Waals surface area contributed by atoms with Gasteiger partial charge in [-0.05, 0) is 55.3 Å². The molecule has 1 N–H and O–H groups in total. The van der Waals surface area contributed by atoms with Crippen molar-refractivity contribution in [3.05, 3.63) is 100 Å². The number of nitrogens with one attached hydrogen (secondary N) is 1. The molecular weight excluding hydrogens is 476 g/mol. The average molecular weight is 497 g/mol. The summed E-state index contributed by atoms with van der Waals surface area (Å²) in [6.45, 7) is 0.456. The molecule has 0 aromatic heterocycles. The van der Waals surface area contributed by atoms with Crippen LogP contribution in [0.5, 0.6) is 0 Å². The summed E-state index contributed by atoms with van der Waals surface area (Å²) in [5.74, 6) is -2.45. The molecule has 3 aromatic rings. The molecule has 36 heavy (non-hydrogen) atoms. The number of carbonyl (C=O) groups excluding carboxylic acids is 4. The third-order valence-corrected chi connectivity index (χ3v) is 8.85. The first-order valence-electron chi connectivity index (χ1n) is 12.1. The van der Waals surface area contributed by atoms with Gasteiger partial charge in [0.25, 0.3) is 0 Å². The summed E-state index contributed by atoms with van der Waals surface area (Å²) in [5.41, 5.74) is -1.42. The number of anilines is 1. The van der Waals surface area contributed by atoms with Gasteiger partial charge in [0, 0.05) is 33.4 Å². The highest BCUT2D eigenvalue weighted by Crippen LogP contribution is 2.64. The highest BCUT2D eigenvalue weighted by atomic mass is 35.5. The van der Waals surface area contributed by atoms with Crippen molar-refractivity contribution in [2.75, 3.05) is 11.9 Å². The van der Waals surface area contributed by atoms with Crippen LogP contribution in [0.25, 0.3) is 0 Å². The molecule has 3 atom stereocenters. The molecule has 6 nitrogen and oxygen atoms in total. The van der Waals surface area contributed by atoms with Crippen molar-refractivity contribution in [1.82, 2.24) is 4.90 Å². The largest absolute Gasteiger partial charge is 0.325 e. The molecule has 2 spiro atoms. The number of hydrogen-bond donors (Lipinski definition) is 1. The predicted octanol–water partition coefficient (Wildman–Crippen LogP) is 4.33. The SMILES string of the molecule is O=C(c1ccc(Cl)cc1)[C@@H]1C2CCCN2C2(C(=O)c3ccccc3C2=O)[C@@]12C(=O)Nc1ccccc12. The zero-order valence-corrected chi connectivity index (χ0v) is 19.9. The smallest absolute Gasteiger partial charge is 0.238 e. The maximum absolute atomic E-state index is 14.5. The standard InChI is InChI=1S/C29H21ClN2O4/c30-17-13-11-16(12-14-17)24(33)23-22-10-5-15-32(22)29(25(34)18-6-1-2-7-19(18)26(29)35)28(23)20-8-3-4-9-21(20)31-27(28)36/h1-4,6-9,11-14,22-23H,5,10,15H2,(H,31,36)/t22?,23-,28+/m0/s1. The van der Waals surface area contributed by atoms with Crippen molar-refractivity contribution < 1.29 is 19.2 Å². The molecule has 4 aliphatic rings. The maximum atomic E-state index is 14.5. The summed E-state index contributed by atoms with van der Waals surface area (Å²) in [7, 11) is 0. The van der Waals surface area contributed by atoms with E-state index in [2.05, 4.69) is 5.32 Å². The molecule has 0 bridgehead atoms. The molecule has 2 saturated heterocycles. The Bertz CT molecular complexity index is 1480. The van der Waals surface area contributed by atoms with Crippen molar-refractivity contribution in [3.63, 3.8) is 0 Å². The average Bonchev–Trinajstić information content (AvgIpc) is 3.59. The second-order valence-electron chi connectivity index (χ2n) is 9.97. The Kier molecular flexibility index (Phi) is 4.34. The first kappa shape index (κ1) is 21.7. The lowest BCUT2D eigenvalue weighted by molar-refractivity contribution is -0.123. The van der Waals surface area contributed by atoms with E-state index in [9.17, 15) is 19.2 Å².